The summed E-state index contributed by atoms with van der Waals surface area (Å²) in [4.78, 5) is 43.4. The maximum Gasteiger partial charge on any atom is 0.325 e. The van der Waals surface area contributed by atoms with E-state index in [2.05, 4.69) is 22.0 Å². The van der Waals surface area contributed by atoms with Crippen molar-refractivity contribution in [1.29, 1.82) is 0 Å². The predicted octanol–water partition coefficient (Wildman–Crippen LogP) is 1.02. The van der Waals surface area contributed by atoms with Crippen molar-refractivity contribution >= 4 is 34.8 Å². The Labute approximate surface area is 146 Å². The van der Waals surface area contributed by atoms with Crippen LogP contribution in [0.4, 0.5) is 4.79 Å². The van der Waals surface area contributed by atoms with Crippen LogP contribution in [0.25, 0.3) is 0 Å². The fourth-order valence-corrected chi connectivity index (χ4v) is 3.67. The molecule has 0 aromatic rings. The van der Waals surface area contributed by atoms with Gasteiger partial charge < -0.3 is 14.5 Å². The van der Waals surface area contributed by atoms with E-state index in [1.807, 2.05) is 4.90 Å². The molecule has 134 valence electrons. The molecule has 0 aliphatic carbocycles. The lowest BCUT2D eigenvalue weighted by Crippen LogP contribution is -2.63. The highest BCUT2D eigenvalue weighted by Crippen LogP contribution is 2.28. The molecule has 0 aromatic heterocycles. The average Bonchev–Trinajstić information content (AvgIpc) is 2.93. The van der Waals surface area contributed by atoms with Crippen LogP contribution in [0, 0.1) is 0 Å². The summed E-state index contributed by atoms with van der Waals surface area (Å²) in [5, 5.41) is 2.98. The molecular formula is C15H24N4O4S. The number of nitrogens with zero attached hydrogens (tertiary/aromatic N) is 3. The number of likely N-dealkylation sites (N-methyl/N-ethyl adjacent to an activating group) is 1. The lowest BCUT2D eigenvalue weighted by molar-refractivity contribution is -0.137. The van der Waals surface area contributed by atoms with Gasteiger partial charge in [-0.15, -0.1) is 0 Å². The number of ether oxygens (including phenoxy) is 1. The number of hydrogen-bond donors (Lipinski definition) is 1. The molecule has 0 saturated carbocycles. The number of unbranched alkanes of at least 4 members (excludes halogenated alkanes) is 3. The molecule has 2 heterocycles. The van der Waals surface area contributed by atoms with Crippen LogP contribution in [0.2, 0.25) is 0 Å². The van der Waals surface area contributed by atoms with Crippen molar-refractivity contribution in [3.05, 3.63) is 0 Å². The number of carbonyl (C=O) groups excluding carboxylic acids is 3. The van der Waals surface area contributed by atoms with Gasteiger partial charge in [0.1, 0.15) is 0 Å². The minimum atomic E-state index is -0.544. The van der Waals surface area contributed by atoms with E-state index in [1.165, 1.54) is 23.8 Å². The van der Waals surface area contributed by atoms with Crippen LogP contribution < -0.4 is 5.32 Å². The van der Waals surface area contributed by atoms with E-state index >= 15 is 0 Å². The van der Waals surface area contributed by atoms with Gasteiger partial charge in [0.05, 0.1) is 12.9 Å². The number of thioether (sulfide) groups is 1. The highest BCUT2D eigenvalue weighted by atomic mass is 32.2. The quantitative estimate of drug-likeness (QED) is 0.541. The molecule has 0 spiro atoms. The molecule has 2 aliphatic heterocycles. The van der Waals surface area contributed by atoms with Gasteiger partial charge in [-0.1, -0.05) is 37.9 Å². The van der Waals surface area contributed by atoms with Crippen LogP contribution in [0.15, 0.2) is 4.99 Å². The van der Waals surface area contributed by atoms with E-state index in [4.69, 9.17) is 0 Å². The molecule has 3 amide bonds. The van der Waals surface area contributed by atoms with E-state index in [9.17, 15) is 14.4 Å². The van der Waals surface area contributed by atoms with Crippen LogP contribution in [0.3, 0.4) is 0 Å². The maximum absolute atomic E-state index is 12.3. The van der Waals surface area contributed by atoms with Crippen LogP contribution in [0.5, 0.6) is 0 Å². The number of aliphatic imine (C=N–C) groups is 1. The van der Waals surface area contributed by atoms with Gasteiger partial charge in [-0.25, -0.2) is 9.79 Å². The van der Waals surface area contributed by atoms with Gasteiger partial charge in [-0.2, -0.15) is 0 Å². The first-order valence-corrected chi connectivity index (χ1v) is 9.09. The predicted molar refractivity (Wildman–Crippen MR) is 91.6 cm³/mol. The summed E-state index contributed by atoms with van der Waals surface area (Å²) in [7, 11) is 2.95. The van der Waals surface area contributed by atoms with Crippen molar-refractivity contribution in [3.63, 3.8) is 0 Å². The number of methoxy groups -OCH3 is 1. The van der Waals surface area contributed by atoms with Gasteiger partial charge in [0.15, 0.2) is 17.4 Å². The zero-order valence-corrected chi connectivity index (χ0v) is 15.1. The molecule has 2 rings (SSSR count). The monoisotopic (exact) mass is 356 g/mol. The Hall–Kier alpha value is -1.77. The Morgan fingerprint density at radius 1 is 1.33 bits per heavy atom. The SMILES string of the molecule is CCCCCCN1C(SCC(=O)OC)=NC2C1C(=O)NC(=O)N2C. The van der Waals surface area contributed by atoms with Gasteiger partial charge in [0, 0.05) is 13.6 Å². The number of esters is 1. The van der Waals surface area contributed by atoms with E-state index in [0.29, 0.717) is 11.7 Å². The molecule has 2 aliphatic rings. The number of urea groups is 1. The van der Waals surface area contributed by atoms with Crippen molar-refractivity contribution in [3.8, 4) is 0 Å². The number of nitrogens with one attached hydrogen (secondary N) is 1. The van der Waals surface area contributed by atoms with Crippen LogP contribution in [0.1, 0.15) is 32.6 Å². The van der Waals surface area contributed by atoms with Gasteiger partial charge in [-0.05, 0) is 6.42 Å². The maximum atomic E-state index is 12.3. The second kappa shape index (κ2) is 8.36. The fourth-order valence-electron chi connectivity index (χ4n) is 2.75. The Morgan fingerprint density at radius 2 is 2.08 bits per heavy atom. The summed E-state index contributed by atoms with van der Waals surface area (Å²) in [6.45, 7) is 2.81. The summed E-state index contributed by atoms with van der Waals surface area (Å²) in [6.07, 6.45) is 3.71. The van der Waals surface area contributed by atoms with Gasteiger partial charge in [0.25, 0.3) is 5.91 Å². The topological polar surface area (TPSA) is 91.3 Å². The van der Waals surface area contributed by atoms with Crippen molar-refractivity contribution < 1.29 is 19.1 Å². The lowest BCUT2D eigenvalue weighted by atomic mass is 10.1. The van der Waals surface area contributed by atoms with Crippen molar-refractivity contribution in [2.24, 2.45) is 4.99 Å². The summed E-state index contributed by atoms with van der Waals surface area (Å²) in [5.41, 5.74) is 0. The fraction of sp³-hybridized carbons (Fsp3) is 0.733. The molecule has 8 nitrogen and oxygen atoms in total. The van der Waals surface area contributed by atoms with Gasteiger partial charge >= 0.3 is 12.0 Å². The van der Waals surface area contributed by atoms with Crippen LogP contribution in [-0.4, -0.2) is 71.5 Å². The molecule has 0 radical (unpaired) electrons. The second-order valence-electron chi connectivity index (χ2n) is 5.79. The standard InChI is InChI=1S/C15H24N4O4S/c1-4-5-6-7-8-19-11-12(18(2)14(22)17-13(11)21)16-15(19)24-9-10(20)23-3/h11-12H,4-9H2,1-3H3,(H,17,21,22). The van der Waals surface area contributed by atoms with Crippen molar-refractivity contribution in [2.45, 2.75) is 44.8 Å². The molecule has 0 bridgehead atoms. The first kappa shape index (κ1) is 18.6. The van der Waals surface area contributed by atoms with Gasteiger partial charge in [-0.3, -0.25) is 14.9 Å². The van der Waals surface area contributed by atoms with Crippen molar-refractivity contribution in [1.82, 2.24) is 15.1 Å². The third kappa shape index (κ3) is 4.00. The molecule has 1 N–H and O–H groups in total. The van der Waals surface area contributed by atoms with E-state index in [1.54, 1.807) is 7.05 Å². The van der Waals surface area contributed by atoms with E-state index < -0.39 is 18.2 Å². The molecule has 0 aromatic carbocycles. The normalized spacial score (nSPS) is 23.0. The van der Waals surface area contributed by atoms with Gasteiger partial charge in [0.2, 0.25) is 0 Å². The first-order chi connectivity index (χ1) is 11.5. The summed E-state index contributed by atoms with van der Waals surface area (Å²) < 4.78 is 4.66. The molecule has 9 heteroatoms. The molecule has 2 unspecified atom stereocenters. The number of rotatable bonds is 7. The number of amidine groups is 1. The zero-order chi connectivity index (χ0) is 17.7. The largest absolute Gasteiger partial charge is 0.468 e. The Morgan fingerprint density at radius 3 is 2.75 bits per heavy atom. The summed E-state index contributed by atoms with van der Waals surface area (Å²) in [5.74, 6) is -0.562. The highest BCUT2D eigenvalue weighted by molar-refractivity contribution is 8.14. The number of carbonyl (C=O) groups is 3. The summed E-state index contributed by atoms with van der Waals surface area (Å²) >= 11 is 1.24. The third-order valence-corrected chi connectivity index (χ3v) is 5.10. The van der Waals surface area contributed by atoms with Crippen LogP contribution >= 0.6 is 11.8 Å². The average molecular weight is 356 g/mol. The Bertz CT molecular complexity index is 540. The molecular weight excluding hydrogens is 332 g/mol. The van der Waals surface area contributed by atoms with Crippen molar-refractivity contribution in [2.75, 3.05) is 26.5 Å². The highest BCUT2D eigenvalue weighted by Gasteiger charge is 2.48. The molecule has 2 atom stereocenters. The number of fused-ring (bicyclic) bond motifs is 1. The summed E-state index contributed by atoms with van der Waals surface area (Å²) in [6, 6.07) is -0.982. The lowest BCUT2D eigenvalue weighted by Gasteiger charge is -2.36. The number of hydrogen-bond acceptors (Lipinski definition) is 7. The third-order valence-electron chi connectivity index (χ3n) is 4.12. The minimum absolute atomic E-state index is 0.125. The molecule has 1 saturated heterocycles. The van der Waals surface area contributed by atoms with E-state index in [-0.39, 0.29) is 17.6 Å². The number of amides is 3. The minimum Gasteiger partial charge on any atom is -0.468 e. The molecule has 24 heavy (non-hydrogen) atoms. The molecule has 1 fully saturated rings. The number of imide groups is 1. The Balaban J connectivity index is 2.12. The van der Waals surface area contributed by atoms with Crippen LogP contribution in [-0.2, 0) is 14.3 Å². The Kier molecular flexibility index (Phi) is 6.47. The van der Waals surface area contributed by atoms with E-state index in [0.717, 1.165) is 25.7 Å². The zero-order valence-electron chi connectivity index (χ0n) is 14.3. The first-order valence-electron chi connectivity index (χ1n) is 8.11. The second-order valence-corrected chi connectivity index (χ2v) is 6.74. The smallest absolute Gasteiger partial charge is 0.325 e.